The smallest absolute Gasteiger partial charge is 0.304 e. The monoisotopic (exact) mass is 488 g/mol. The number of rotatable bonds is 13. The second-order valence-corrected chi connectivity index (χ2v) is 10.3. The van der Waals surface area contributed by atoms with E-state index in [1.165, 1.54) is 19.0 Å². The summed E-state index contributed by atoms with van der Waals surface area (Å²) in [6.07, 6.45) is 2.34. The molecular formula is C25H36N4O4S. The molecule has 8 nitrogen and oxygen atoms in total. The number of carbonyl (C=O) groups excluding carboxylic acids is 2. The molecule has 0 aliphatic carbocycles. The number of unbranched alkanes of at least 4 members (excludes halogenated alkanes) is 1. The van der Waals surface area contributed by atoms with E-state index in [0.29, 0.717) is 18.7 Å². The summed E-state index contributed by atoms with van der Waals surface area (Å²) in [7, 11) is -1.09. The molecule has 9 heteroatoms. The first kappa shape index (κ1) is 27.3. The minimum Gasteiger partial charge on any atom is -0.354 e. The Morgan fingerprint density at radius 1 is 0.971 bits per heavy atom. The second-order valence-electron chi connectivity index (χ2n) is 8.28. The van der Waals surface area contributed by atoms with Crippen LogP contribution in [0.3, 0.4) is 0 Å². The van der Waals surface area contributed by atoms with Gasteiger partial charge in [0.25, 0.3) is 0 Å². The largest absolute Gasteiger partial charge is 0.354 e. The molecule has 0 aliphatic rings. The molecule has 0 saturated carbocycles. The average Bonchev–Trinajstić information content (AvgIpc) is 2.83. The molecule has 0 heterocycles. The van der Waals surface area contributed by atoms with Gasteiger partial charge in [0.05, 0.1) is 5.69 Å². The normalized spacial score (nSPS) is 12.3. The fourth-order valence-electron chi connectivity index (χ4n) is 3.42. The van der Waals surface area contributed by atoms with Crippen molar-refractivity contribution in [1.29, 1.82) is 0 Å². The van der Waals surface area contributed by atoms with E-state index in [1.807, 2.05) is 37.3 Å². The maximum absolute atomic E-state index is 13.5. The van der Waals surface area contributed by atoms with Gasteiger partial charge in [-0.1, -0.05) is 61.9 Å². The van der Waals surface area contributed by atoms with E-state index in [1.54, 1.807) is 37.3 Å². The summed E-state index contributed by atoms with van der Waals surface area (Å²) in [5, 5.41) is 2.88. The van der Waals surface area contributed by atoms with Gasteiger partial charge in [0.15, 0.2) is 0 Å². The van der Waals surface area contributed by atoms with Crippen LogP contribution in [-0.2, 0) is 26.2 Å². The third kappa shape index (κ3) is 7.56. The third-order valence-electron chi connectivity index (χ3n) is 5.54. The number of benzene rings is 2. The van der Waals surface area contributed by atoms with E-state index in [0.717, 1.165) is 27.0 Å². The average molecular weight is 489 g/mol. The molecule has 2 amide bonds. The summed E-state index contributed by atoms with van der Waals surface area (Å²) in [5.41, 5.74) is 1.41. The van der Waals surface area contributed by atoms with Gasteiger partial charge in [0.2, 0.25) is 11.8 Å². The highest BCUT2D eigenvalue weighted by Gasteiger charge is 2.32. The Hall–Kier alpha value is -2.91. The summed E-state index contributed by atoms with van der Waals surface area (Å²) in [4.78, 5) is 27.8. The Morgan fingerprint density at radius 2 is 1.56 bits per heavy atom. The molecule has 2 rings (SSSR count). The number of carbonyl (C=O) groups is 2. The number of nitrogens with zero attached hydrogens (tertiary/aromatic N) is 3. The van der Waals surface area contributed by atoms with E-state index in [4.69, 9.17) is 0 Å². The van der Waals surface area contributed by atoms with E-state index < -0.39 is 28.7 Å². The lowest BCUT2D eigenvalue weighted by Crippen LogP contribution is -2.53. The zero-order valence-electron chi connectivity index (χ0n) is 20.5. The lowest BCUT2D eigenvalue weighted by Gasteiger charge is -2.32. The topological polar surface area (TPSA) is 90.0 Å². The first-order valence-corrected chi connectivity index (χ1v) is 12.9. The molecule has 1 N–H and O–H groups in total. The summed E-state index contributed by atoms with van der Waals surface area (Å²) in [6.45, 7) is 4.12. The molecule has 186 valence electrons. The molecule has 0 fully saturated rings. The molecule has 34 heavy (non-hydrogen) atoms. The Kier molecular flexibility index (Phi) is 10.5. The molecule has 0 aliphatic heterocycles. The first-order chi connectivity index (χ1) is 16.2. The minimum atomic E-state index is -3.93. The Labute approximate surface area is 203 Å². The fraction of sp³-hybridized carbons (Fsp3) is 0.440. The molecule has 0 radical (unpaired) electrons. The van der Waals surface area contributed by atoms with Crippen LogP contribution in [0.5, 0.6) is 0 Å². The van der Waals surface area contributed by atoms with Crippen molar-refractivity contribution < 1.29 is 18.0 Å². The summed E-state index contributed by atoms with van der Waals surface area (Å²) < 4.78 is 28.2. The number of hydrogen-bond donors (Lipinski definition) is 1. The van der Waals surface area contributed by atoms with Crippen molar-refractivity contribution >= 4 is 27.7 Å². The number of hydrogen-bond acceptors (Lipinski definition) is 4. The molecule has 0 saturated heterocycles. The highest BCUT2D eigenvalue weighted by molar-refractivity contribution is 7.90. The van der Waals surface area contributed by atoms with Gasteiger partial charge >= 0.3 is 10.2 Å². The third-order valence-corrected chi connectivity index (χ3v) is 7.36. The van der Waals surface area contributed by atoms with Crippen molar-refractivity contribution in [2.75, 3.05) is 38.0 Å². The Balaban J connectivity index is 2.30. The predicted octanol–water partition coefficient (Wildman–Crippen LogP) is 2.68. The van der Waals surface area contributed by atoms with E-state index in [9.17, 15) is 18.0 Å². The maximum atomic E-state index is 13.5. The van der Waals surface area contributed by atoms with E-state index in [2.05, 4.69) is 5.32 Å². The van der Waals surface area contributed by atoms with Crippen LogP contribution in [0.1, 0.15) is 32.3 Å². The van der Waals surface area contributed by atoms with Crippen LogP contribution in [-0.4, -0.2) is 69.2 Å². The first-order valence-electron chi connectivity index (χ1n) is 11.5. The summed E-state index contributed by atoms with van der Waals surface area (Å²) in [5.74, 6) is -0.694. The molecule has 2 aromatic rings. The fourth-order valence-corrected chi connectivity index (χ4v) is 4.47. The van der Waals surface area contributed by atoms with Crippen LogP contribution in [0.2, 0.25) is 0 Å². The quantitative estimate of drug-likeness (QED) is 0.439. The second kappa shape index (κ2) is 13.1. The lowest BCUT2D eigenvalue weighted by molar-refractivity contribution is -0.138. The van der Waals surface area contributed by atoms with Gasteiger partial charge in [-0.25, -0.2) is 4.31 Å². The van der Waals surface area contributed by atoms with Crippen LogP contribution in [0, 0.1) is 0 Å². The van der Waals surface area contributed by atoms with Crippen LogP contribution in [0.15, 0.2) is 60.7 Å². The SMILES string of the molecule is CCCCNC(=O)[C@H](C)N(CCc1ccccc1)C(=O)CN(c1ccccc1)S(=O)(=O)N(C)C. The van der Waals surface area contributed by atoms with Crippen molar-refractivity contribution in [2.24, 2.45) is 0 Å². The molecule has 0 bridgehead atoms. The van der Waals surface area contributed by atoms with Crippen LogP contribution in [0.4, 0.5) is 5.69 Å². The van der Waals surface area contributed by atoms with Gasteiger partial charge in [-0.15, -0.1) is 0 Å². The van der Waals surface area contributed by atoms with Crippen molar-refractivity contribution in [3.05, 3.63) is 66.2 Å². The van der Waals surface area contributed by atoms with Gasteiger partial charge in [0.1, 0.15) is 12.6 Å². The van der Waals surface area contributed by atoms with Crippen LogP contribution in [0.25, 0.3) is 0 Å². The molecule has 0 unspecified atom stereocenters. The highest BCUT2D eigenvalue weighted by Crippen LogP contribution is 2.20. The predicted molar refractivity (Wildman–Crippen MR) is 136 cm³/mol. The standard InChI is InChI=1S/C25H36N4O4S/c1-5-6-18-26-25(31)21(2)28(19-17-22-13-9-7-10-14-22)24(30)20-29(34(32,33)27(3)4)23-15-11-8-12-16-23/h7-16,21H,5-6,17-20H2,1-4H3,(H,26,31)/t21-/m0/s1. The van der Waals surface area contributed by atoms with Crippen molar-refractivity contribution in [1.82, 2.24) is 14.5 Å². The molecular weight excluding hydrogens is 452 g/mol. The zero-order valence-corrected chi connectivity index (χ0v) is 21.3. The number of anilines is 1. The van der Waals surface area contributed by atoms with Gasteiger partial charge in [0, 0.05) is 27.2 Å². The molecule has 0 aromatic heterocycles. The van der Waals surface area contributed by atoms with Gasteiger partial charge in [-0.2, -0.15) is 12.7 Å². The lowest BCUT2D eigenvalue weighted by atomic mass is 10.1. The van der Waals surface area contributed by atoms with Crippen molar-refractivity contribution in [3.8, 4) is 0 Å². The zero-order chi connectivity index (χ0) is 25.1. The highest BCUT2D eigenvalue weighted by atomic mass is 32.2. The van der Waals surface area contributed by atoms with Crippen molar-refractivity contribution in [2.45, 2.75) is 39.2 Å². The molecule has 2 aromatic carbocycles. The van der Waals surface area contributed by atoms with E-state index >= 15 is 0 Å². The Morgan fingerprint density at radius 3 is 2.12 bits per heavy atom. The molecule has 1 atom stereocenters. The van der Waals surface area contributed by atoms with Gasteiger partial charge < -0.3 is 10.2 Å². The van der Waals surface area contributed by atoms with Crippen molar-refractivity contribution in [3.63, 3.8) is 0 Å². The van der Waals surface area contributed by atoms with E-state index in [-0.39, 0.29) is 12.5 Å². The summed E-state index contributed by atoms with van der Waals surface area (Å²) in [6, 6.07) is 17.4. The van der Waals surface area contributed by atoms with Gasteiger partial charge in [-0.3, -0.25) is 9.59 Å². The Bertz CT molecular complexity index is 1010. The number of nitrogens with one attached hydrogen (secondary N) is 1. The molecule has 0 spiro atoms. The summed E-state index contributed by atoms with van der Waals surface area (Å²) >= 11 is 0. The minimum absolute atomic E-state index is 0.253. The van der Waals surface area contributed by atoms with Gasteiger partial charge in [-0.05, 0) is 37.5 Å². The number of para-hydroxylation sites is 1. The maximum Gasteiger partial charge on any atom is 0.304 e. The van der Waals surface area contributed by atoms with Crippen LogP contribution >= 0.6 is 0 Å². The van der Waals surface area contributed by atoms with Crippen LogP contribution < -0.4 is 9.62 Å². The number of amides is 2.